The SMILES string of the molecule is CN(C)C1CCC(C(=C2C=CCC=C2)C2CCCCC2)CC1. The highest BCUT2D eigenvalue weighted by molar-refractivity contribution is 5.41. The molecule has 1 heteroatoms. The van der Waals surface area contributed by atoms with Crippen LogP contribution in [0.4, 0.5) is 0 Å². The van der Waals surface area contributed by atoms with E-state index in [-0.39, 0.29) is 0 Å². The molecule has 0 radical (unpaired) electrons. The van der Waals surface area contributed by atoms with Crippen LogP contribution in [0.2, 0.25) is 0 Å². The fourth-order valence-corrected chi connectivity index (χ4v) is 4.84. The Kier molecular flexibility index (Phi) is 5.57. The first-order chi connectivity index (χ1) is 10.8. The zero-order valence-corrected chi connectivity index (χ0v) is 14.6. The Hall–Kier alpha value is -0.820. The summed E-state index contributed by atoms with van der Waals surface area (Å²) in [4.78, 5) is 2.43. The van der Waals surface area contributed by atoms with Gasteiger partial charge in [-0.1, -0.05) is 49.1 Å². The monoisotopic (exact) mass is 299 g/mol. The molecule has 22 heavy (non-hydrogen) atoms. The van der Waals surface area contributed by atoms with Gasteiger partial charge < -0.3 is 4.90 Å². The van der Waals surface area contributed by atoms with E-state index >= 15 is 0 Å². The fourth-order valence-electron chi connectivity index (χ4n) is 4.84. The third kappa shape index (κ3) is 3.74. The lowest BCUT2D eigenvalue weighted by Gasteiger charge is -2.38. The topological polar surface area (TPSA) is 3.24 Å². The molecule has 0 amide bonds. The molecule has 0 saturated heterocycles. The summed E-state index contributed by atoms with van der Waals surface area (Å²) >= 11 is 0. The van der Waals surface area contributed by atoms with E-state index in [0.717, 1.165) is 24.3 Å². The van der Waals surface area contributed by atoms with Gasteiger partial charge in [0, 0.05) is 6.04 Å². The molecule has 0 heterocycles. The van der Waals surface area contributed by atoms with Gasteiger partial charge in [-0.05, 0) is 76.5 Å². The standard InChI is InChI=1S/C21H33N/c1-22(2)20-15-13-19(14-16-20)21(17-9-5-3-6-10-17)18-11-7-4-8-12-18/h5-6,9-10,18-20H,3-4,7-8,11-16H2,1-2H3. The molecule has 0 aliphatic heterocycles. The normalized spacial score (nSPS) is 30.0. The molecule has 2 saturated carbocycles. The summed E-state index contributed by atoms with van der Waals surface area (Å²) in [5.74, 6) is 1.72. The molecule has 0 spiro atoms. The van der Waals surface area contributed by atoms with Gasteiger partial charge in [-0.25, -0.2) is 0 Å². The maximum absolute atomic E-state index is 2.43. The molecule has 3 aliphatic carbocycles. The van der Waals surface area contributed by atoms with E-state index in [0.29, 0.717) is 0 Å². The summed E-state index contributed by atoms with van der Waals surface area (Å²) in [5, 5.41) is 0. The lowest BCUT2D eigenvalue weighted by Crippen LogP contribution is -2.33. The second-order valence-electron chi connectivity index (χ2n) is 7.76. The Labute approximate surface area is 137 Å². The van der Waals surface area contributed by atoms with Crippen molar-refractivity contribution in [1.82, 2.24) is 4.90 Å². The van der Waals surface area contributed by atoms with Crippen LogP contribution in [0.15, 0.2) is 35.5 Å². The van der Waals surface area contributed by atoms with Crippen molar-refractivity contribution in [3.05, 3.63) is 35.5 Å². The Morgan fingerprint density at radius 1 is 0.818 bits per heavy atom. The Balaban J connectivity index is 1.79. The molecule has 0 aromatic heterocycles. The Morgan fingerprint density at radius 2 is 1.41 bits per heavy atom. The van der Waals surface area contributed by atoms with E-state index in [1.54, 1.807) is 5.57 Å². The van der Waals surface area contributed by atoms with Gasteiger partial charge in [-0.2, -0.15) is 0 Å². The van der Waals surface area contributed by atoms with Gasteiger partial charge in [0.05, 0.1) is 0 Å². The van der Waals surface area contributed by atoms with Crippen LogP contribution in [-0.2, 0) is 0 Å². The quantitative estimate of drug-likeness (QED) is 0.665. The first kappa shape index (κ1) is 16.1. The largest absolute Gasteiger partial charge is 0.306 e. The van der Waals surface area contributed by atoms with Gasteiger partial charge in [0.15, 0.2) is 0 Å². The second kappa shape index (κ2) is 7.64. The molecule has 1 nitrogen and oxygen atoms in total. The van der Waals surface area contributed by atoms with Crippen molar-refractivity contribution in [3.63, 3.8) is 0 Å². The second-order valence-corrected chi connectivity index (χ2v) is 7.76. The van der Waals surface area contributed by atoms with E-state index in [2.05, 4.69) is 43.3 Å². The predicted molar refractivity (Wildman–Crippen MR) is 95.9 cm³/mol. The maximum Gasteiger partial charge on any atom is 0.00895 e. The first-order valence-corrected chi connectivity index (χ1v) is 9.49. The van der Waals surface area contributed by atoms with E-state index in [9.17, 15) is 0 Å². The first-order valence-electron chi connectivity index (χ1n) is 9.49. The molecule has 122 valence electrons. The molecular formula is C21H33N. The Morgan fingerprint density at radius 3 is 2.00 bits per heavy atom. The van der Waals surface area contributed by atoms with E-state index in [1.807, 2.05) is 5.57 Å². The van der Waals surface area contributed by atoms with Crippen molar-refractivity contribution in [2.24, 2.45) is 11.8 Å². The average molecular weight is 300 g/mol. The maximum atomic E-state index is 2.43. The molecule has 0 N–H and O–H groups in total. The van der Waals surface area contributed by atoms with Gasteiger partial charge in [-0.15, -0.1) is 0 Å². The van der Waals surface area contributed by atoms with Gasteiger partial charge in [0.2, 0.25) is 0 Å². The predicted octanol–water partition coefficient (Wildman–Crippen LogP) is 5.50. The van der Waals surface area contributed by atoms with Crippen LogP contribution in [0.1, 0.15) is 64.2 Å². The van der Waals surface area contributed by atoms with Crippen molar-refractivity contribution in [3.8, 4) is 0 Å². The van der Waals surface area contributed by atoms with Crippen molar-refractivity contribution in [2.75, 3.05) is 14.1 Å². The lowest BCUT2D eigenvalue weighted by atomic mass is 9.70. The summed E-state index contributed by atoms with van der Waals surface area (Å²) in [6.07, 6.45) is 23.5. The van der Waals surface area contributed by atoms with Gasteiger partial charge in [0.1, 0.15) is 0 Å². The van der Waals surface area contributed by atoms with Crippen LogP contribution in [0.3, 0.4) is 0 Å². The third-order valence-electron chi connectivity index (χ3n) is 6.11. The average Bonchev–Trinajstić information content (AvgIpc) is 2.57. The van der Waals surface area contributed by atoms with E-state index in [4.69, 9.17) is 0 Å². The number of hydrogen-bond donors (Lipinski definition) is 0. The van der Waals surface area contributed by atoms with Crippen LogP contribution < -0.4 is 0 Å². The van der Waals surface area contributed by atoms with E-state index in [1.165, 1.54) is 57.8 Å². The summed E-state index contributed by atoms with van der Waals surface area (Å²) in [7, 11) is 4.50. The molecule has 3 aliphatic rings. The molecule has 0 atom stereocenters. The van der Waals surface area contributed by atoms with Crippen LogP contribution in [-0.4, -0.2) is 25.0 Å². The van der Waals surface area contributed by atoms with Crippen LogP contribution >= 0.6 is 0 Å². The molecule has 0 bridgehead atoms. The van der Waals surface area contributed by atoms with Crippen LogP contribution in [0, 0.1) is 11.8 Å². The van der Waals surface area contributed by atoms with Crippen molar-refractivity contribution >= 4 is 0 Å². The number of rotatable bonds is 3. The smallest absolute Gasteiger partial charge is 0.00895 e. The van der Waals surface area contributed by atoms with Gasteiger partial charge >= 0.3 is 0 Å². The fraction of sp³-hybridized carbons (Fsp3) is 0.714. The lowest BCUT2D eigenvalue weighted by molar-refractivity contribution is 0.197. The Bertz CT molecular complexity index is 427. The summed E-state index contributed by atoms with van der Waals surface area (Å²) in [6.45, 7) is 0. The number of allylic oxidation sites excluding steroid dienone is 6. The minimum atomic E-state index is 0.811. The molecule has 0 aromatic carbocycles. The number of hydrogen-bond acceptors (Lipinski definition) is 1. The zero-order valence-electron chi connectivity index (χ0n) is 14.6. The minimum absolute atomic E-state index is 0.811. The molecule has 0 aromatic rings. The number of nitrogens with zero attached hydrogens (tertiary/aromatic N) is 1. The molecule has 2 fully saturated rings. The minimum Gasteiger partial charge on any atom is -0.306 e. The van der Waals surface area contributed by atoms with E-state index < -0.39 is 0 Å². The highest BCUT2D eigenvalue weighted by atomic mass is 15.1. The van der Waals surface area contributed by atoms with Crippen molar-refractivity contribution in [1.29, 1.82) is 0 Å². The highest BCUT2D eigenvalue weighted by Crippen LogP contribution is 2.42. The molecular weight excluding hydrogens is 266 g/mol. The molecule has 0 unspecified atom stereocenters. The van der Waals surface area contributed by atoms with Crippen LogP contribution in [0.5, 0.6) is 0 Å². The van der Waals surface area contributed by atoms with Crippen molar-refractivity contribution in [2.45, 2.75) is 70.3 Å². The van der Waals surface area contributed by atoms with Gasteiger partial charge in [-0.3, -0.25) is 0 Å². The third-order valence-corrected chi connectivity index (χ3v) is 6.11. The summed E-state index contributed by atoms with van der Waals surface area (Å²) < 4.78 is 0. The van der Waals surface area contributed by atoms with Gasteiger partial charge in [0.25, 0.3) is 0 Å². The summed E-state index contributed by atoms with van der Waals surface area (Å²) in [5.41, 5.74) is 3.41. The van der Waals surface area contributed by atoms with Crippen molar-refractivity contribution < 1.29 is 0 Å². The van der Waals surface area contributed by atoms with Crippen LogP contribution in [0.25, 0.3) is 0 Å². The highest BCUT2D eigenvalue weighted by Gasteiger charge is 2.30. The molecule has 3 rings (SSSR count). The zero-order chi connectivity index (χ0) is 15.4. The summed E-state index contributed by atoms with van der Waals surface area (Å²) in [6, 6.07) is 0.811.